The number of rotatable bonds is 4. The number of nitrogens with zero attached hydrogens (tertiary/aromatic N) is 4. The fourth-order valence-corrected chi connectivity index (χ4v) is 8.55. The zero-order valence-electron chi connectivity index (χ0n) is 28.9. The molecule has 1 aliphatic rings. The lowest BCUT2D eigenvalue weighted by Crippen LogP contribution is -2.00. The minimum atomic E-state index is 0.608. The second kappa shape index (κ2) is 11.1. The standard InChI is InChI=1S/C49H28N4O/c1-3-12-29(13-4-1)47-50-48(52-49(51-47)31-22-24-36-35-18-9-10-21-42(35)53(43(36)27-31)32-14-5-2-6-15-32)30-23-25-44-39(26-30)41-28-40-34-17-8-7-16-33(34)37-19-11-20-38(45(37)40)46(41)54-44/h1-28H. The van der Waals surface area contributed by atoms with Gasteiger partial charge >= 0.3 is 0 Å². The van der Waals surface area contributed by atoms with Gasteiger partial charge < -0.3 is 8.98 Å². The third kappa shape index (κ3) is 4.18. The van der Waals surface area contributed by atoms with Crippen LogP contribution in [0.3, 0.4) is 0 Å². The van der Waals surface area contributed by atoms with Crippen molar-refractivity contribution in [1.29, 1.82) is 0 Å². The highest BCUT2D eigenvalue weighted by atomic mass is 16.3. The van der Waals surface area contributed by atoms with Crippen LogP contribution in [0.1, 0.15) is 0 Å². The van der Waals surface area contributed by atoms with Crippen molar-refractivity contribution in [2.45, 2.75) is 0 Å². The quantitative estimate of drug-likeness (QED) is 0.185. The van der Waals surface area contributed by atoms with Crippen molar-refractivity contribution in [3.05, 3.63) is 170 Å². The van der Waals surface area contributed by atoms with Crippen molar-refractivity contribution in [2.24, 2.45) is 0 Å². The molecule has 0 unspecified atom stereocenters. The van der Waals surface area contributed by atoms with Crippen molar-refractivity contribution >= 4 is 54.5 Å². The maximum absolute atomic E-state index is 6.64. The first-order chi connectivity index (χ1) is 26.8. The molecule has 0 fully saturated rings. The predicted molar refractivity (Wildman–Crippen MR) is 220 cm³/mol. The zero-order valence-corrected chi connectivity index (χ0v) is 28.9. The van der Waals surface area contributed by atoms with Crippen molar-refractivity contribution < 1.29 is 4.42 Å². The second-order valence-electron chi connectivity index (χ2n) is 14.0. The van der Waals surface area contributed by atoms with E-state index < -0.39 is 0 Å². The number of para-hydroxylation sites is 2. The summed E-state index contributed by atoms with van der Waals surface area (Å²) in [5.41, 5.74) is 12.9. The van der Waals surface area contributed by atoms with Crippen LogP contribution in [0.5, 0.6) is 0 Å². The molecule has 0 N–H and O–H groups in total. The van der Waals surface area contributed by atoms with Gasteiger partial charge in [-0.15, -0.1) is 0 Å². The molecule has 0 saturated carbocycles. The third-order valence-corrected chi connectivity index (χ3v) is 11.0. The average molecular weight is 689 g/mol. The summed E-state index contributed by atoms with van der Waals surface area (Å²) in [5, 5.41) is 6.89. The maximum Gasteiger partial charge on any atom is 0.164 e. The number of fused-ring (bicyclic) bond motifs is 10. The van der Waals surface area contributed by atoms with Crippen LogP contribution in [0.2, 0.25) is 0 Å². The van der Waals surface area contributed by atoms with Crippen LogP contribution >= 0.6 is 0 Å². The van der Waals surface area contributed by atoms with Gasteiger partial charge in [-0.25, -0.2) is 15.0 Å². The van der Waals surface area contributed by atoms with E-state index in [0.717, 1.165) is 60.7 Å². The molecular formula is C49H28N4O. The smallest absolute Gasteiger partial charge is 0.164 e. The first kappa shape index (κ1) is 29.2. The average Bonchev–Trinajstić information content (AvgIpc) is 3.89. The Morgan fingerprint density at radius 1 is 0.370 bits per heavy atom. The molecule has 3 aromatic heterocycles. The molecule has 0 amide bonds. The summed E-state index contributed by atoms with van der Waals surface area (Å²) in [6.07, 6.45) is 0. The monoisotopic (exact) mass is 688 g/mol. The van der Waals surface area contributed by atoms with E-state index in [1.807, 2.05) is 30.3 Å². The Kier molecular flexibility index (Phi) is 5.99. The molecule has 54 heavy (non-hydrogen) atoms. The second-order valence-corrected chi connectivity index (χ2v) is 14.0. The molecule has 11 aromatic rings. The fourth-order valence-electron chi connectivity index (χ4n) is 8.55. The highest BCUT2D eigenvalue weighted by Gasteiger charge is 2.25. The van der Waals surface area contributed by atoms with Gasteiger partial charge in [0.1, 0.15) is 11.2 Å². The van der Waals surface area contributed by atoms with Gasteiger partial charge in [0.25, 0.3) is 0 Å². The van der Waals surface area contributed by atoms with Gasteiger partial charge in [-0.3, -0.25) is 0 Å². The molecule has 8 aromatic carbocycles. The largest absolute Gasteiger partial charge is 0.455 e. The van der Waals surface area contributed by atoms with Crippen molar-refractivity contribution in [3.63, 3.8) is 0 Å². The molecule has 3 heterocycles. The lowest BCUT2D eigenvalue weighted by Gasteiger charge is -2.10. The molecule has 12 rings (SSSR count). The van der Waals surface area contributed by atoms with Crippen LogP contribution in [0.25, 0.3) is 117 Å². The van der Waals surface area contributed by atoms with Crippen LogP contribution < -0.4 is 0 Å². The molecule has 0 spiro atoms. The van der Waals surface area contributed by atoms with Crippen LogP contribution in [-0.2, 0) is 0 Å². The molecule has 0 bridgehead atoms. The van der Waals surface area contributed by atoms with Crippen LogP contribution in [0.4, 0.5) is 0 Å². The van der Waals surface area contributed by atoms with E-state index in [-0.39, 0.29) is 0 Å². The summed E-state index contributed by atoms with van der Waals surface area (Å²) >= 11 is 0. The summed E-state index contributed by atoms with van der Waals surface area (Å²) in [6, 6.07) is 59.5. The van der Waals surface area contributed by atoms with Gasteiger partial charge in [0.05, 0.1) is 11.0 Å². The number of hydrogen-bond acceptors (Lipinski definition) is 4. The summed E-state index contributed by atoms with van der Waals surface area (Å²) in [7, 11) is 0. The Morgan fingerprint density at radius 3 is 1.80 bits per heavy atom. The molecule has 0 saturated heterocycles. The van der Waals surface area contributed by atoms with Crippen molar-refractivity contribution in [1.82, 2.24) is 19.5 Å². The molecule has 1 aliphatic carbocycles. The topological polar surface area (TPSA) is 56.7 Å². The van der Waals surface area contributed by atoms with Crippen LogP contribution in [0.15, 0.2) is 174 Å². The Morgan fingerprint density at radius 2 is 0.981 bits per heavy atom. The number of hydrogen-bond donors (Lipinski definition) is 0. The van der Waals surface area contributed by atoms with Gasteiger partial charge in [-0.05, 0) is 70.8 Å². The van der Waals surface area contributed by atoms with E-state index in [0.29, 0.717) is 17.5 Å². The van der Waals surface area contributed by atoms with Gasteiger partial charge in [0.15, 0.2) is 17.5 Å². The van der Waals surface area contributed by atoms with Gasteiger partial charge in [-0.1, -0.05) is 121 Å². The Hall–Kier alpha value is -7.37. The van der Waals surface area contributed by atoms with E-state index in [1.54, 1.807) is 0 Å². The summed E-state index contributed by atoms with van der Waals surface area (Å²) in [6.45, 7) is 0. The highest BCUT2D eigenvalue weighted by Crippen LogP contribution is 2.50. The minimum Gasteiger partial charge on any atom is -0.455 e. The third-order valence-electron chi connectivity index (χ3n) is 11.0. The molecule has 5 heteroatoms. The van der Waals surface area contributed by atoms with Crippen molar-refractivity contribution in [3.8, 4) is 62.1 Å². The van der Waals surface area contributed by atoms with Crippen LogP contribution in [-0.4, -0.2) is 19.5 Å². The molecule has 250 valence electrons. The lowest BCUT2D eigenvalue weighted by atomic mass is 9.99. The molecule has 5 nitrogen and oxygen atoms in total. The maximum atomic E-state index is 6.64. The lowest BCUT2D eigenvalue weighted by molar-refractivity contribution is 0.673. The van der Waals surface area contributed by atoms with E-state index in [2.05, 4.69) is 144 Å². The van der Waals surface area contributed by atoms with Crippen molar-refractivity contribution in [2.75, 3.05) is 0 Å². The summed E-state index contributed by atoms with van der Waals surface area (Å²) < 4.78 is 8.96. The molecular weight excluding hydrogens is 661 g/mol. The van der Waals surface area contributed by atoms with Gasteiger partial charge in [-0.2, -0.15) is 0 Å². The number of benzene rings is 8. The summed E-state index contributed by atoms with van der Waals surface area (Å²) in [5.74, 6) is 1.85. The molecule has 0 aliphatic heterocycles. The van der Waals surface area contributed by atoms with E-state index >= 15 is 0 Å². The highest BCUT2D eigenvalue weighted by molar-refractivity contribution is 6.26. The zero-order chi connectivity index (χ0) is 35.3. The Balaban J connectivity index is 1.07. The fraction of sp³-hybridized carbons (Fsp3) is 0. The van der Waals surface area contributed by atoms with E-state index in [1.165, 1.54) is 38.4 Å². The normalized spacial score (nSPS) is 12.1. The first-order valence-electron chi connectivity index (χ1n) is 18.2. The van der Waals surface area contributed by atoms with Crippen LogP contribution in [0, 0.1) is 0 Å². The molecule has 0 atom stereocenters. The summed E-state index contributed by atoms with van der Waals surface area (Å²) in [4.78, 5) is 15.4. The molecule has 0 radical (unpaired) electrons. The predicted octanol–water partition coefficient (Wildman–Crippen LogP) is 12.7. The van der Waals surface area contributed by atoms with Gasteiger partial charge in [0, 0.05) is 54.7 Å². The van der Waals surface area contributed by atoms with Gasteiger partial charge in [0.2, 0.25) is 0 Å². The number of furan rings is 1. The minimum absolute atomic E-state index is 0.608. The van der Waals surface area contributed by atoms with E-state index in [9.17, 15) is 0 Å². The first-order valence-corrected chi connectivity index (χ1v) is 18.2. The number of aromatic nitrogens is 4. The Labute approximate surface area is 309 Å². The SMILES string of the molecule is c1ccc(-c2nc(-c3ccc4oc5c6cccc7c6c(cc5c4c3)-c3ccccc3-7)nc(-c3ccc4c5ccccc5n(-c5ccccc5)c4c3)n2)cc1. The Bertz CT molecular complexity index is 3320. The van der Waals surface area contributed by atoms with E-state index in [4.69, 9.17) is 19.4 Å².